The van der Waals surface area contributed by atoms with Gasteiger partial charge in [0, 0.05) is 24.0 Å². The van der Waals surface area contributed by atoms with Gasteiger partial charge in [-0.1, -0.05) is 103 Å². The van der Waals surface area contributed by atoms with E-state index in [0.717, 1.165) is 27.6 Å². The number of hydrogen-bond acceptors (Lipinski definition) is 9. The van der Waals surface area contributed by atoms with E-state index in [1.54, 1.807) is 18.3 Å². The first-order valence-electron chi connectivity index (χ1n) is 15.8. The van der Waals surface area contributed by atoms with Crippen LogP contribution in [0.1, 0.15) is 32.7 Å². The third kappa shape index (κ3) is 6.89. The second-order valence-electron chi connectivity index (χ2n) is 11.3. The van der Waals surface area contributed by atoms with Crippen molar-refractivity contribution in [3.8, 4) is 0 Å². The predicted molar refractivity (Wildman–Crippen MR) is 190 cm³/mol. The van der Waals surface area contributed by atoms with E-state index >= 15 is 0 Å². The molecule has 2 aromatic heterocycles. The van der Waals surface area contributed by atoms with E-state index in [9.17, 15) is 14.4 Å². The van der Waals surface area contributed by atoms with Crippen molar-refractivity contribution in [2.45, 2.75) is 18.0 Å². The molecular weight excluding hydrogens is 632 g/mol. The van der Waals surface area contributed by atoms with Crippen LogP contribution in [0, 0.1) is 0 Å². The van der Waals surface area contributed by atoms with E-state index in [4.69, 9.17) is 9.47 Å². The molecule has 6 aromatic rings. The summed E-state index contributed by atoms with van der Waals surface area (Å²) in [6.45, 7) is 0. The number of rotatable bonds is 11. The highest BCUT2D eigenvalue weighted by atomic mass is 16.5. The first kappa shape index (κ1) is 33.4. The van der Waals surface area contributed by atoms with Crippen molar-refractivity contribution in [3.05, 3.63) is 162 Å². The zero-order chi connectivity index (χ0) is 34.9. The van der Waals surface area contributed by atoms with Crippen LogP contribution < -0.4 is 16.0 Å². The minimum absolute atomic E-state index is 0.0588. The number of nitrogens with zero attached hydrogens (tertiary/aromatic N) is 3. The van der Waals surface area contributed by atoms with Crippen LogP contribution in [0.15, 0.2) is 134 Å². The Morgan fingerprint density at radius 1 is 0.660 bits per heavy atom. The second kappa shape index (κ2) is 15.2. The number of urea groups is 1. The number of methoxy groups -OCH3 is 2. The van der Waals surface area contributed by atoms with Gasteiger partial charge in [0.2, 0.25) is 0 Å². The van der Waals surface area contributed by atoms with Crippen LogP contribution in [-0.2, 0) is 26.2 Å². The van der Waals surface area contributed by atoms with Crippen LogP contribution in [0.3, 0.4) is 0 Å². The monoisotopic (exact) mass is 666 g/mol. The molecule has 0 fully saturated rings. The molecule has 0 aliphatic heterocycles. The molecule has 1 atom stereocenters. The Kier molecular flexibility index (Phi) is 10.2. The SMILES string of the molecule is COC(=O)c1nccnc1NC(=O)Nc1ccc(C[C@H](NC(c2ccccc2)(c2ccccc2)c2ccccc2)C(=O)OC)c2cccnc12. The van der Waals surface area contributed by atoms with Crippen molar-refractivity contribution in [1.29, 1.82) is 0 Å². The maximum Gasteiger partial charge on any atom is 0.360 e. The zero-order valence-corrected chi connectivity index (χ0v) is 27.4. The summed E-state index contributed by atoms with van der Waals surface area (Å²) in [6.07, 6.45) is 4.53. The van der Waals surface area contributed by atoms with E-state index in [1.165, 1.54) is 26.6 Å². The molecule has 6 rings (SSSR count). The Bertz CT molecular complexity index is 2020. The van der Waals surface area contributed by atoms with E-state index in [1.807, 2.05) is 103 Å². The molecule has 11 nitrogen and oxygen atoms in total. The average Bonchev–Trinajstić information content (AvgIpc) is 3.18. The molecule has 0 radical (unpaired) electrons. The molecule has 4 aromatic carbocycles. The average molecular weight is 667 g/mol. The summed E-state index contributed by atoms with van der Waals surface area (Å²) < 4.78 is 10.1. The molecule has 0 aliphatic carbocycles. The number of hydrogen-bond donors (Lipinski definition) is 3. The molecule has 0 bridgehead atoms. The van der Waals surface area contributed by atoms with Gasteiger partial charge in [0.25, 0.3) is 0 Å². The van der Waals surface area contributed by atoms with Gasteiger partial charge in [-0.3, -0.25) is 20.4 Å². The molecule has 3 N–H and O–H groups in total. The highest BCUT2D eigenvalue weighted by molar-refractivity contribution is 6.07. The summed E-state index contributed by atoms with van der Waals surface area (Å²) in [5.41, 5.74) is 3.47. The number of carbonyl (C=O) groups is 3. The van der Waals surface area contributed by atoms with Gasteiger partial charge in [-0.2, -0.15) is 0 Å². The Labute approximate surface area is 288 Å². The summed E-state index contributed by atoms with van der Waals surface area (Å²) in [5, 5.41) is 9.82. The number of nitrogens with one attached hydrogen (secondary N) is 3. The molecule has 0 spiro atoms. The predicted octanol–water partition coefficient (Wildman–Crippen LogP) is 6.12. The number of pyridine rings is 1. The maximum atomic E-state index is 13.7. The lowest BCUT2D eigenvalue weighted by Crippen LogP contribution is -2.53. The highest BCUT2D eigenvalue weighted by Crippen LogP contribution is 2.38. The number of aromatic nitrogens is 3. The van der Waals surface area contributed by atoms with Crippen LogP contribution in [0.5, 0.6) is 0 Å². The number of benzene rings is 4. The smallest absolute Gasteiger partial charge is 0.360 e. The normalized spacial score (nSPS) is 11.7. The molecule has 0 unspecified atom stereocenters. The van der Waals surface area contributed by atoms with Crippen molar-refractivity contribution in [1.82, 2.24) is 20.3 Å². The largest absolute Gasteiger partial charge is 0.468 e. The van der Waals surface area contributed by atoms with Crippen molar-refractivity contribution in [2.24, 2.45) is 0 Å². The summed E-state index contributed by atoms with van der Waals surface area (Å²) in [7, 11) is 2.59. The molecule has 0 saturated carbocycles. The van der Waals surface area contributed by atoms with Gasteiger partial charge >= 0.3 is 18.0 Å². The lowest BCUT2D eigenvalue weighted by Gasteiger charge is -2.39. The Hall–Kier alpha value is -6.46. The van der Waals surface area contributed by atoms with Crippen LogP contribution in [0.4, 0.5) is 16.3 Å². The van der Waals surface area contributed by atoms with E-state index in [0.29, 0.717) is 11.2 Å². The Balaban J connectivity index is 1.37. The van der Waals surface area contributed by atoms with Crippen LogP contribution in [0.25, 0.3) is 10.9 Å². The van der Waals surface area contributed by atoms with Gasteiger partial charge < -0.3 is 14.8 Å². The fraction of sp³-hybridized carbons (Fsp3) is 0.128. The van der Waals surface area contributed by atoms with Crippen LogP contribution in [-0.4, -0.2) is 53.2 Å². The summed E-state index contributed by atoms with van der Waals surface area (Å²) in [4.78, 5) is 51.5. The molecule has 250 valence electrons. The van der Waals surface area contributed by atoms with Crippen LogP contribution in [0.2, 0.25) is 0 Å². The standard InChI is InChI=1S/C39H34N6O5/c1-49-36(46)32(45-39(27-13-6-3-7-14-27,28-15-8-4-9-16-28)29-17-10-5-11-18-29)25-26-20-21-31(33-30(26)19-12-22-40-33)43-38(48)44-35-34(37(47)50-2)41-23-24-42-35/h3-24,32,45H,25H2,1-2H3,(H2,42,43,44,48)/t32-/m0/s1. The van der Waals surface area contributed by atoms with Crippen LogP contribution >= 0.6 is 0 Å². The maximum absolute atomic E-state index is 13.7. The number of fused-ring (bicyclic) bond motifs is 1. The molecular formula is C39H34N6O5. The molecule has 0 saturated heterocycles. The van der Waals surface area contributed by atoms with E-state index in [2.05, 4.69) is 30.9 Å². The van der Waals surface area contributed by atoms with Crippen molar-refractivity contribution >= 4 is 40.4 Å². The number of esters is 2. The van der Waals surface area contributed by atoms with Crippen molar-refractivity contribution in [2.75, 3.05) is 24.9 Å². The van der Waals surface area contributed by atoms with Gasteiger partial charge in [-0.15, -0.1) is 0 Å². The lowest BCUT2D eigenvalue weighted by atomic mass is 9.76. The van der Waals surface area contributed by atoms with Crippen molar-refractivity contribution < 1.29 is 23.9 Å². The number of ether oxygens (including phenoxy) is 2. The first-order valence-corrected chi connectivity index (χ1v) is 15.8. The lowest BCUT2D eigenvalue weighted by molar-refractivity contribution is -0.143. The van der Waals surface area contributed by atoms with Gasteiger partial charge in [-0.25, -0.2) is 19.6 Å². The van der Waals surface area contributed by atoms with Gasteiger partial charge in [0.1, 0.15) is 6.04 Å². The van der Waals surface area contributed by atoms with Gasteiger partial charge in [0.05, 0.1) is 31.0 Å². The third-order valence-electron chi connectivity index (χ3n) is 8.34. The summed E-state index contributed by atoms with van der Waals surface area (Å²) in [5.74, 6) is -1.24. The summed E-state index contributed by atoms with van der Waals surface area (Å²) >= 11 is 0. The third-order valence-corrected chi connectivity index (χ3v) is 8.34. The Morgan fingerprint density at radius 3 is 1.84 bits per heavy atom. The molecule has 50 heavy (non-hydrogen) atoms. The van der Waals surface area contributed by atoms with E-state index < -0.39 is 29.6 Å². The molecule has 11 heteroatoms. The minimum atomic E-state index is -0.931. The number of anilines is 2. The number of amides is 2. The van der Waals surface area contributed by atoms with E-state index in [-0.39, 0.29) is 17.9 Å². The first-order chi connectivity index (χ1) is 24.4. The van der Waals surface area contributed by atoms with Gasteiger partial charge in [-0.05, 0) is 40.8 Å². The van der Waals surface area contributed by atoms with Gasteiger partial charge in [0.15, 0.2) is 11.5 Å². The Morgan fingerprint density at radius 2 is 1.26 bits per heavy atom. The highest BCUT2D eigenvalue weighted by Gasteiger charge is 2.40. The summed E-state index contributed by atoms with van der Waals surface area (Å²) in [6, 6.07) is 35.8. The molecule has 2 amide bonds. The molecule has 0 aliphatic rings. The number of carbonyl (C=O) groups excluding carboxylic acids is 3. The second-order valence-corrected chi connectivity index (χ2v) is 11.3. The fourth-order valence-corrected chi connectivity index (χ4v) is 6.08. The fourth-order valence-electron chi connectivity index (χ4n) is 6.08. The zero-order valence-electron chi connectivity index (χ0n) is 27.4. The quantitative estimate of drug-likeness (QED) is 0.110. The minimum Gasteiger partial charge on any atom is -0.468 e. The van der Waals surface area contributed by atoms with Crippen molar-refractivity contribution in [3.63, 3.8) is 0 Å². The topological polar surface area (TPSA) is 144 Å². The molecule has 2 heterocycles.